The van der Waals surface area contributed by atoms with Gasteiger partial charge < -0.3 is 18.9 Å². The average molecular weight is 507 g/mol. The molecule has 0 saturated heterocycles. The quantitative estimate of drug-likeness (QED) is 0.254. The van der Waals surface area contributed by atoms with Crippen molar-refractivity contribution < 1.29 is 23.7 Å². The summed E-state index contributed by atoms with van der Waals surface area (Å²) in [4.78, 5) is 16.2. The molecule has 1 aliphatic rings. The predicted molar refractivity (Wildman–Crippen MR) is 146 cm³/mol. The molecule has 7 heteroatoms. The highest BCUT2D eigenvalue weighted by atomic mass is 16.6. The van der Waals surface area contributed by atoms with Crippen molar-refractivity contribution in [3.63, 3.8) is 0 Å². The third-order valence-corrected chi connectivity index (χ3v) is 6.97. The lowest BCUT2D eigenvalue weighted by Gasteiger charge is -2.19. The third-order valence-electron chi connectivity index (χ3n) is 6.97. The number of carbonyl (C=O) groups is 1. The summed E-state index contributed by atoms with van der Waals surface area (Å²) in [6.07, 6.45) is 4.56. The minimum absolute atomic E-state index is 0.378. The monoisotopic (exact) mass is 506 g/mol. The first-order valence-corrected chi connectivity index (χ1v) is 12.3. The van der Waals surface area contributed by atoms with E-state index in [1.54, 1.807) is 0 Å². The topological polar surface area (TPSA) is 71.3 Å². The fourth-order valence-electron chi connectivity index (χ4n) is 5.04. The van der Waals surface area contributed by atoms with E-state index in [4.69, 9.17) is 18.9 Å². The first-order chi connectivity index (χ1) is 18.6. The molecule has 7 nitrogen and oxygen atoms in total. The van der Waals surface area contributed by atoms with Gasteiger partial charge in [-0.3, -0.25) is 9.20 Å². The van der Waals surface area contributed by atoms with Crippen LogP contribution in [-0.2, 0) is 0 Å². The number of methoxy groups -OCH3 is 2. The number of hydrogen-bond donors (Lipinski definition) is 0. The molecule has 0 atom stereocenters. The van der Waals surface area contributed by atoms with Crippen LogP contribution in [-0.4, -0.2) is 43.1 Å². The molecule has 0 unspecified atom stereocenters. The molecule has 2 aromatic heterocycles. The van der Waals surface area contributed by atoms with Crippen molar-refractivity contribution in [3.05, 3.63) is 84.2 Å². The highest BCUT2D eigenvalue weighted by Crippen LogP contribution is 2.39. The van der Waals surface area contributed by atoms with Gasteiger partial charge >= 0.3 is 0 Å². The standard InChI is InChI=1S/C31H26N2O5/c1-19-23(20-7-8-27-30(13-20)38-12-11-37-27)5-4-6-24(19)21-9-10-33-26(17-32-31(33)16-21)22-14-28(35-2)25(18-34)29(15-22)36-3/h4-10,13-18H,11-12H2,1-3H3. The van der Waals surface area contributed by atoms with Crippen molar-refractivity contribution in [2.75, 3.05) is 27.4 Å². The predicted octanol–water partition coefficient (Wildman–Crippen LogP) is 6.24. The van der Waals surface area contributed by atoms with Gasteiger partial charge in [0.25, 0.3) is 0 Å². The minimum atomic E-state index is 0.378. The highest BCUT2D eigenvalue weighted by Gasteiger charge is 2.17. The number of benzene rings is 3. The molecule has 190 valence electrons. The lowest BCUT2D eigenvalue weighted by Crippen LogP contribution is -2.15. The summed E-state index contributed by atoms with van der Waals surface area (Å²) >= 11 is 0. The normalized spacial score (nSPS) is 12.4. The van der Waals surface area contributed by atoms with Crippen LogP contribution in [0.5, 0.6) is 23.0 Å². The summed E-state index contributed by atoms with van der Waals surface area (Å²) in [7, 11) is 3.07. The van der Waals surface area contributed by atoms with Gasteiger partial charge in [-0.15, -0.1) is 0 Å². The van der Waals surface area contributed by atoms with E-state index in [0.717, 1.165) is 56.9 Å². The van der Waals surface area contributed by atoms with E-state index in [2.05, 4.69) is 48.3 Å². The number of aldehydes is 1. The minimum Gasteiger partial charge on any atom is -0.496 e. The van der Waals surface area contributed by atoms with E-state index >= 15 is 0 Å². The number of carbonyl (C=O) groups excluding carboxylic acids is 1. The lowest BCUT2D eigenvalue weighted by atomic mass is 9.93. The molecule has 3 aromatic carbocycles. The Hall–Kier alpha value is -4.78. The van der Waals surface area contributed by atoms with Crippen molar-refractivity contribution in [2.24, 2.45) is 0 Å². The van der Waals surface area contributed by atoms with Gasteiger partial charge in [0.1, 0.15) is 30.4 Å². The number of hydrogen-bond acceptors (Lipinski definition) is 6. The van der Waals surface area contributed by atoms with Crippen molar-refractivity contribution >= 4 is 11.9 Å². The summed E-state index contributed by atoms with van der Waals surface area (Å²) < 4.78 is 24.4. The maximum atomic E-state index is 11.6. The summed E-state index contributed by atoms with van der Waals surface area (Å²) in [6.45, 7) is 3.27. The Morgan fingerprint density at radius 2 is 1.53 bits per heavy atom. The molecule has 6 rings (SSSR count). The largest absolute Gasteiger partial charge is 0.496 e. The number of ether oxygens (including phenoxy) is 4. The Bertz CT molecular complexity index is 1660. The second kappa shape index (κ2) is 9.59. The molecule has 0 saturated carbocycles. The van der Waals surface area contributed by atoms with Crippen LogP contribution in [0.3, 0.4) is 0 Å². The first kappa shape index (κ1) is 23.6. The van der Waals surface area contributed by atoms with Crippen LogP contribution < -0.4 is 18.9 Å². The number of nitrogens with zero attached hydrogens (tertiary/aromatic N) is 2. The van der Waals surface area contributed by atoms with Gasteiger partial charge in [0, 0.05) is 11.8 Å². The van der Waals surface area contributed by atoms with Crippen molar-refractivity contribution in [2.45, 2.75) is 6.92 Å². The number of fused-ring (bicyclic) bond motifs is 2. The third kappa shape index (κ3) is 3.93. The summed E-state index contributed by atoms with van der Waals surface area (Å²) in [6, 6.07) is 20.2. The molecule has 0 aliphatic carbocycles. The molecule has 3 heterocycles. The molecule has 0 fully saturated rings. The zero-order valence-corrected chi connectivity index (χ0v) is 21.4. The molecule has 1 aliphatic heterocycles. The van der Waals surface area contributed by atoms with E-state index in [1.165, 1.54) is 19.8 Å². The fraction of sp³-hybridized carbons (Fsp3) is 0.161. The zero-order valence-electron chi connectivity index (χ0n) is 21.4. The second-order valence-corrected chi connectivity index (χ2v) is 9.04. The molecule has 0 spiro atoms. The van der Waals surface area contributed by atoms with Crippen LogP contribution in [0, 0.1) is 6.92 Å². The Kier molecular flexibility index (Phi) is 5.96. The van der Waals surface area contributed by atoms with Crippen LogP contribution in [0.25, 0.3) is 39.2 Å². The van der Waals surface area contributed by atoms with Crippen LogP contribution in [0.15, 0.2) is 73.1 Å². The average Bonchev–Trinajstić information content (AvgIpc) is 3.39. The van der Waals surface area contributed by atoms with Crippen molar-refractivity contribution in [1.29, 1.82) is 0 Å². The van der Waals surface area contributed by atoms with Crippen molar-refractivity contribution in [1.82, 2.24) is 9.38 Å². The van der Waals surface area contributed by atoms with Crippen LogP contribution >= 0.6 is 0 Å². The summed E-state index contributed by atoms with van der Waals surface area (Å²) in [5, 5.41) is 0. The van der Waals surface area contributed by atoms with E-state index in [0.29, 0.717) is 30.3 Å². The van der Waals surface area contributed by atoms with Crippen LogP contribution in [0.4, 0.5) is 0 Å². The highest BCUT2D eigenvalue weighted by molar-refractivity contribution is 5.87. The van der Waals surface area contributed by atoms with E-state index in [-0.39, 0.29) is 0 Å². The lowest BCUT2D eigenvalue weighted by molar-refractivity contribution is 0.111. The van der Waals surface area contributed by atoms with E-state index in [1.807, 2.05) is 41.1 Å². The second-order valence-electron chi connectivity index (χ2n) is 9.04. The van der Waals surface area contributed by atoms with E-state index < -0.39 is 0 Å². The number of pyridine rings is 1. The van der Waals surface area contributed by atoms with E-state index in [9.17, 15) is 4.79 Å². The first-order valence-electron chi connectivity index (χ1n) is 12.3. The molecular formula is C31H26N2O5. The van der Waals surface area contributed by atoms with Crippen LogP contribution in [0.2, 0.25) is 0 Å². The van der Waals surface area contributed by atoms with Gasteiger partial charge in [0.05, 0.1) is 31.7 Å². The summed E-state index contributed by atoms with van der Waals surface area (Å²) in [5.74, 6) is 2.46. The zero-order chi connectivity index (χ0) is 26.2. The molecule has 38 heavy (non-hydrogen) atoms. The Morgan fingerprint density at radius 1 is 0.842 bits per heavy atom. The molecule has 5 aromatic rings. The molecular weight excluding hydrogens is 480 g/mol. The smallest absolute Gasteiger partial charge is 0.161 e. The van der Waals surface area contributed by atoms with Crippen molar-refractivity contribution in [3.8, 4) is 56.5 Å². The molecule has 0 radical (unpaired) electrons. The maximum absolute atomic E-state index is 11.6. The van der Waals surface area contributed by atoms with Gasteiger partial charge in [-0.2, -0.15) is 0 Å². The molecule has 0 bridgehead atoms. The number of aromatic nitrogens is 2. The fourth-order valence-corrected chi connectivity index (χ4v) is 5.04. The Balaban J connectivity index is 1.40. The van der Waals surface area contributed by atoms with Gasteiger partial charge in [0.2, 0.25) is 0 Å². The van der Waals surface area contributed by atoms with Gasteiger partial charge in [0.15, 0.2) is 17.8 Å². The van der Waals surface area contributed by atoms with Gasteiger partial charge in [-0.25, -0.2) is 4.98 Å². The van der Waals surface area contributed by atoms with Gasteiger partial charge in [-0.1, -0.05) is 24.3 Å². The summed E-state index contributed by atoms with van der Waals surface area (Å²) in [5.41, 5.74) is 8.46. The maximum Gasteiger partial charge on any atom is 0.161 e. The Labute approximate surface area is 220 Å². The number of rotatable bonds is 6. The van der Waals surface area contributed by atoms with Crippen LogP contribution in [0.1, 0.15) is 15.9 Å². The molecule has 0 N–H and O–H groups in total. The number of imidazole rings is 1. The van der Waals surface area contributed by atoms with Gasteiger partial charge in [-0.05, 0) is 71.1 Å². The molecule has 0 amide bonds. The SMILES string of the molecule is COc1cc(-c2cnc3cc(-c4cccc(-c5ccc6c(c5)OCCO6)c4C)ccn23)cc(OC)c1C=O. The Morgan fingerprint density at radius 3 is 2.21 bits per heavy atom.